The summed E-state index contributed by atoms with van der Waals surface area (Å²) in [5.74, 6) is 0. The Kier molecular flexibility index (Phi) is 5.40. The molecule has 1 aromatic heterocycles. The van der Waals surface area contributed by atoms with Gasteiger partial charge >= 0.3 is 0 Å². The fraction of sp³-hybridized carbons (Fsp3) is 0.800. The standard InChI is InChI=1S/C15H27N3O/c1-3-12(2)18-10-9-13(17-18)11-19-15-8-6-4-5-7-14(15)16/h9-10,12,14-15H,3-8,11,16H2,1-2H3. The molecular weight excluding hydrogens is 238 g/mol. The first kappa shape index (κ1) is 14.5. The largest absolute Gasteiger partial charge is 0.370 e. The van der Waals surface area contributed by atoms with Crippen molar-refractivity contribution in [3.63, 3.8) is 0 Å². The molecule has 4 heteroatoms. The maximum Gasteiger partial charge on any atom is 0.0911 e. The lowest BCUT2D eigenvalue weighted by atomic mass is 10.1. The molecule has 0 amide bonds. The number of aromatic nitrogens is 2. The molecule has 4 nitrogen and oxygen atoms in total. The van der Waals surface area contributed by atoms with Crippen LogP contribution in [0.2, 0.25) is 0 Å². The second kappa shape index (κ2) is 7.06. The van der Waals surface area contributed by atoms with Gasteiger partial charge in [-0.2, -0.15) is 5.10 Å². The van der Waals surface area contributed by atoms with Gasteiger partial charge in [-0.1, -0.05) is 26.2 Å². The molecule has 0 aromatic carbocycles. The normalized spacial score (nSPS) is 26.1. The average molecular weight is 265 g/mol. The summed E-state index contributed by atoms with van der Waals surface area (Å²) < 4.78 is 8.01. The van der Waals surface area contributed by atoms with Crippen molar-refractivity contribution >= 4 is 0 Å². The summed E-state index contributed by atoms with van der Waals surface area (Å²) in [6.07, 6.45) is 9.28. The highest BCUT2D eigenvalue weighted by molar-refractivity contribution is 4.98. The molecule has 0 aliphatic heterocycles. The number of hydrogen-bond donors (Lipinski definition) is 1. The van der Waals surface area contributed by atoms with Gasteiger partial charge in [0.15, 0.2) is 0 Å². The Morgan fingerprint density at radius 2 is 2.21 bits per heavy atom. The van der Waals surface area contributed by atoms with Crippen molar-refractivity contribution < 1.29 is 4.74 Å². The van der Waals surface area contributed by atoms with Crippen molar-refractivity contribution in [1.82, 2.24) is 9.78 Å². The van der Waals surface area contributed by atoms with Crippen molar-refractivity contribution in [3.8, 4) is 0 Å². The van der Waals surface area contributed by atoms with E-state index >= 15 is 0 Å². The molecule has 3 atom stereocenters. The van der Waals surface area contributed by atoms with E-state index in [9.17, 15) is 0 Å². The maximum absolute atomic E-state index is 6.17. The quantitative estimate of drug-likeness (QED) is 0.833. The van der Waals surface area contributed by atoms with Crippen LogP contribution in [0.25, 0.3) is 0 Å². The summed E-state index contributed by atoms with van der Waals surface area (Å²) in [7, 11) is 0. The molecule has 3 unspecified atom stereocenters. The lowest BCUT2D eigenvalue weighted by molar-refractivity contribution is 0.0175. The van der Waals surface area contributed by atoms with Crippen molar-refractivity contribution in [2.24, 2.45) is 5.73 Å². The molecule has 1 aliphatic carbocycles. The molecule has 0 saturated heterocycles. The Balaban J connectivity index is 1.85. The number of nitrogens with two attached hydrogens (primary N) is 1. The summed E-state index contributed by atoms with van der Waals surface area (Å²) in [5, 5.41) is 4.56. The van der Waals surface area contributed by atoms with Gasteiger partial charge in [0, 0.05) is 18.3 Å². The molecule has 108 valence electrons. The minimum atomic E-state index is 0.194. The molecule has 1 aromatic rings. The Morgan fingerprint density at radius 3 is 3.00 bits per heavy atom. The molecular formula is C15H27N3O. The second-order valence-corrected chi connectivity index (χ2v) is 5.70. The summed E-state index contributed by atoms with van der Waals surface area (Å²) in [4.78, 5) is 0. The van der Waals surface area contributed by atoms with E-state index in [-0.39, 0.29) is 12.1 Å². The van der Waals surface area contributed by atoms with Gasteiger partial charge in [0.2, 0.25) is 0 Å². The SMILES string of the molecule is CCC(C)n1ccc(COC2CCCCCC2N)n1. The fourth-order valence-corrected chi connectivity index (χ4v) is 2.59. The smallest absolute Gasteiger partial charge is 0.0911 e. The van der Waals surface area contributed by atoms with Crippen LogP contribution in [0.15, 0.2) is 12.3 Å². The van der Waals surface area contributed by atoms with E-state index in [0.29, 0.717) is 12.6 Å². The zero-order valence-corrected chi connectivity index (χ0v) is 12.2. The number of rotatable bonds is 5. The molecule has 19 heavy (non-hydrogen) atoms. The van der Waals surface area contributed by atoms with E-state index in [0.717, 1.165) is 25.0 Å². The van der Waals surface area contributed by atoms with Gasteiger partial charge in [0.1, 0.15) is 0 Å². The van der Waals surface area contributed by atoms with Crippen LogP contribution in [-0.4, -0.2) is 21.9 Å². The van der Waals surface area contributed by atoms with Gasteiger partial charge in [-0.15, -0.1) is 0 Å². The highest BCUT2D eigenvalue weighted by Crippen LogP contribution is 2.20. The predicted molar refractivity (Wildman–Crippen MR) is 76.9 cm³/mol. The summed E-state index contributed by atoms with van der Waals surface area (Å²) in [6.45, 7) is 4.94. The van der Waals surface area contributed by atoms with E-state index in [1.165, 1.54) is 19.3 Å². The Bertz CT molecular complexity index is 377. The first-order valence-corrected chi connectivity index (χ1v) is 7.62. The van der Waals surface area contributed by atoms with E-state index < -0.39 is 0 Å². The van der Waals surface area contributed by atoms with Crippen molar-refractivity contribution in [3.05, 3.63) is 18.0 Å². The molecule has 2 N–H and O–H groups in total. The molecule has 0 spiro atoms. The molecule has 1 saturated carbocycles. The highest BCUT2D eigenvalue weighted by atomic mass is 16.5. The topological polar surface area (TPSA) is 53.1 Å². The van der Waals surface area contributed by atoms with Crippen LogP contribution < -0.4 is 5.73 Å². The number of ether oxygens (including phenoxy) is 1. The van der Waals surface area contributed by atoms with E-state index in [1.807, 2.05) is 16.9 Å². The molecule has 0 radical (unpaired) electrons. The van der Waals surface area contributed by atoms with Gasteiger partial charge in [-0.25, -0.2) is 0 Å². The van der Waals surface area contributed by atoms with Crippen LogP contribution in [0.1, 0.15) is 64.1 Å². The van der Waals surface area contributed by atoms with Crippen LogP contribution in [0.4, 0.5) is 0 Å². The molecule has 1 heterocycles. The first-order chi connectivity index (χ1) is 9.20. The van der Waals surface area contributed by atoms with Crippen LogP contribution in [0.5, 0.6) is 0 Å². The van der Waals surface area contributed by atoms with Gasteiger partial charge in [-0.3, -0.25) is 4.68 Å². The Hall–Kier alpha value is -0.870. The zero-order chi connectivity index (χ0) is 13.7. The number of nitrogens with zero attached hydrogens (tertiary/aromatic N) is 2. The second-order valence-electron chi connectivity index (χ2n) is 5.70. The van der Waals surface area contributed by atoms with Crippen LogP contribution in [-0.2, 0) is 11.3 Å². The lowest BCUT2D eigenvalue weighted by Crippen LogP contribution is -2.35. The summed E-state index contributed by atoms with van der Waals surface area (Å²) in [5.41, 5.74) is 7.18. The monoisotopic (exact) mass is 265 g/mol. The maximum atomic E-state index is 6.17. The van der Waals surface area contributed by atoms with E-state index in [4.69, 9.17) is 10.5 Å². The van der Waals surface area contributed by atoms with Crippen molar-refractivity contribution in [2.75, 3.05) is 0 Å². The van der Waals surface area contributed by atoms with Gasteiger partial charge in [-0.05, 0) is 32.3 Å². The highest BCUT2D eigenvalue weighted by Gasteiger charge is 2.21. The lowest BCUT2D eigenvalue weighted by Gasteiger charge is -2.21. The van der Waals surface area contributed by atoms with Gasteiger partial charge in [0.25, 0.3) is 0 Å². The van der Waals surface area contributed by atoms with Crippen molar-refractivity contribution in [1.29, 1.82) is 0 Å². The first-order valence-electron chi connectivity index (χ1n) is 7.62. The fourth-order valence-electron chi connectivity index (χ4n) is 2.59. The van der Waals surface area contributed by atoms with Gasteiger partial charge < -0.3 is 10.5 Å². The molecule has 1 fully saturated rings. The van der Waals surface area contributed by atoms with E-state index in [2.05, 4.69) is 18.9 Å². The molecule has 1 aliphatic rings. The number of hydrogen-bond acceptors (Lipinski definition) is 3. The summed E-state index contributed by atoms with van der Waals surface area (Å²) >= 11 is 0. The Morgan fingerprint density at radius 1 is 1.42 bits per heavy atom. The third kappa shape index (κ3) is 4.05. The predicted octanol–water partition coefficient (Wildman–Crippen LogP) is 3.03. The zero-order valence-electron chi connectivity index (χ0n) is 12.2. The minimum Gasteiger partial charge on any atom is -0.370 e. The third-order valence-corrected chi connectivity index (χ3v) is 4.15. The summed E-state index contributed by atoms with van der Waals surface area (Å²) in [6, 6.07) is 2.70. The third-order valence-electron chi connectivity index (χ3n) is 4.15. The minimum absolute atomic E-state index is 0.194. The van der Waals surface area contributed by atoms with E-state index in [1.54, 1.807) is 0 Å². The molecule has 2 rings (SSSR count). The Labute approximate surface area is 116 Å². The average Bonchev–Trinajstić information content (AvgIpc) is 2.80. The van der Waals surface area contributed by atoms with Crippen LogP contribution in [0, 0.1) is 0 Å². The van der Waals surface area contributed by atoms with Crippen molar-refractivity contribution in [2.45, 2.75) is 77.2 Å². The van der Waals surface area contributed by atoms with Crippen LogP contribution in [0.3, 0.4) is 0 Å². The van der Waals surface area contributed by atoms with Crippen LogP contribution >= 0.6 is 0 Å². The molecule has 0 bridgehead atoms. The van der Waals surface area contributed by atoms with Gasteiger partial charge in [0.05, 0.1) is 18.4 Å².